The summed E-state index contributed by atoms with van der Waals surface area (Å²) in [5.41, 5.74) is 10.9. The van der Waals surface area contributed by atoms with Gasteiger partial charge in [0, 0.05) is 30.1 Å². The zero-order valence-corrected chi connectivity index (χ0v) is 10.8. The summed E-state index contributed by atoms with van der Waals surface area (Å²) >= 11 is 0. The summed E-state index contributed by atoms with van der Waals surface area (Å²) in [6.07, 6.45) is 0.405. The Morgan fingerprint density at radius 3 is 3.05 bits per heavy atom. The third-order valence-electron chi connectivity index (χ3n) is 3.49. The van der Waals surface area contributed by atoms with Gasteiger partial charge in [-0.1, -0.05) is 17.2 Å². The van der Waals surface area contributed by atoms with Crippen molar-refractivity contribution < 1.29 is 9.90 Å². The van der Waals surface area contributed by atoms with Crippen molar-refractivity contribution in [3.05, 3.63) is 39.8 Å². The summed E-state index contributed by atoms with van der Waals surface area (Å²) < 4.78 is 0. The molecule has 6 heteroatoms. The molecule has 1 heterocycles. The second kappa shape index (κ2) is 5.73. The molecule has 0 radical (unpaired) electrons. The van der Waals surface area contributed by atoms with E-state index in [0.717, 1.165) is 16.8 Å². The Hall–Kier alpha value is -2.04. The number of anilines is 1. The average Bonchev–Trinajstić information content (AvgIpc) is 2.78. The van der Waals surface area contributed by atoms with Crippen molar-refractivity contribution in [2.75, 3.05) is 18.0 Å². The Kier molecular flexibility index (Phi) is 4.04. The van der Waals surface area contributed by atoms with Crippen LogP contribution < -0.4 is 4.90 Å². The molecule has 19 heavy (non-hydrogen) atoms. The number of nitrogens with zero attached hydrogens (tertiary/aromatic N) is 4. The highest BCUT2D eigenvalue weighted by atomic mass is 16.3. The first-order chi connectivity index (χ1) is 9.17. The minimum atomic E-state index is -0.0378. The molecule has 6 nitrogen and oxygen atoms in total. The summed E-state index contributed by atoms with van der Waals surface area (Å²) in [6.45, 7) is 2.77. The molecule has 1 aromatic rings. The molecule has 100 valence electrons. The topological polar surface area (TPSA) is 89.3 Å². The van der Waals surface area contributed by atoms with Crippen LogP contribution in [0.1, 0.15) is 17.5 Å². The summed E-state index contributed by atoms with van der Waals surface area (Å²) in [6, 6.07) is 5.56. The van der Waals surface area contributed by atoms with Crippen LogP contribution >= 0.6 is 0 Å². The van der Waals surface area contributed by atoms with Gasteiger partial charge in [0.2, 0.25) is 5.91 Å². The highest BCUT2D eigenvalue weighted by Gasteiger charge is 2.31. The van der Waals surface area contributed by atoms with Gasteiger partial charge >= 0.3 is 0 Å². The van der Waals surface area contributed by atoms with Gasteiger partial charge in [0.05, 0.1) is 6.61 Å². The summed E-state index contributed by atoms with van der Waals surface area (Å²) in [7, 11) is 0. The first-order valence-electron chi connectivity index (χ1n) is 6.18. The summed E-state index contributed by atoms with van der Waals surface area (Å²) in [5, 5.41) is 12.8. The van der Waals surface area contributed by atoms with Gasteiger partial charge in [-0.25, -0.2) is 0 Å². The smallest absolute Gasteiger partial charge is 0.227 e. The van der Waals surface area contributed by atoms with Gasteiger partial charge in [-0.15, -0.1) is 0 Å². The Labute approximate surface area is 111 Å². The predicted octanol–water partition coefficient (Wildman–Crippen LogP) is 2.15. The Balaban J connectivity index is 2.23. The normalized spacial score (nSPS) is 18.5. The van der Waals surface area contributed by atoms with Crippen LogP contribution in [0.5, 0.6) is 0 Å². The molecule has 0 aliphatic carbocycles. The van der Waals surface area contributed by atoms with Gasteiger partial charge in [0.15, 0.2) is 0 Å². The van der Waals surface area contributed by atoms with Crippen molar-refractivity contribution in [1.29, 1.82) is 0 Å². The molecular weight excluding hydrogens is 244 g/mol. The quantitative estimate of drug-likeness (QED) is 0.510. The molecule has 0 saturated carbocycles. The van der Waals surface area contributed by atoms with E-state index in [-0.39, 0.29) is 18.4 Å². The van der Waals surface area contributed by atoms with E-state index in [1.54, 1.807) is 4.90 Å². The number of rotatable bonds is 4. The van der Waals surface area contributed by atoms with E-state index >= 15 is 0 Å². The maximum absolute atomic E-state index is 12.0. The van der Waals surface area contributed by atoms with Crippen molar-refractivity contribution in [1.82, 2.24) is 0 Å². The molecule has 1 aromatic carbocycles. The van der Waals surface area contributed by atoms with Crippen LogP contribution in [-0.2, 0) is 11.4 Å². The molecular formula is C13H16N4O2. The molecule has 1 atom stereocenters. The number of carbonyl (C=O) groups is 1. The molecule has 0 aromatic heterocycles. The average molecular weight is 260 g/mol. The third-order valence-corrected chi connectivity index (χ3v) is 3.49. The second-order valence-electron chi connectivity index (χ2n) is 4.71. The molecule has 1 fully saturated rings. The molecule has 1 N–H and O–H groups in total. The Morgan fingerprint density at radius 2 is 2.37 bits per heavy atom. The number of carbonyl (C=O) groups excluding carboxylic acids is 1. The van der Waals surface area contributed by atoms with Crippen LogP contribution in [0.2, 0.25) is 0 Å². The van der Waals surface area contributed by atoms with Gasteiger partial charge in [-0.2, -0.15) is 0 Å². The number of benzene rings is 1. The number of amides is 1. The molecule has 1 saturated heterocycles. The molecule has 1 amide bonds. The fourth-order valence-electron chi connectivity index (χ4n) is 2.42. The number of aliphatic hydroxyl groups excluding tert-OH is 1. The van der Waals surface area contributed by atoms with Crippen LogP contribution in [-0.4, -0.2) is 24.1 Å². The second-order valence-corrected chi connectivity index (χ2v) is 4.71. The first-order valence-corrected chi connectivity index (χ1v) is 6.18. The monoisotopic (exact) mass is 260 g/mol. The molecule has 1 aliphatic heterocycles. The SMILES string of the molecule is Cc1c(CO)cccc1N1CC(CN=[N+]=[N-])CC1=O. The van der Waals surface area contributed by atoms with Crippen LogP contribution in [0.15, 0.2) is 23.3 Å². The van der Waals surface area contributed by atoms with E-state index in [4.69, 9.17) is 5.53 Å². The molecule has 0 bridgehead atoms. The third kappa shape index (κ3) is 2.70. The van der Waals surface area contributed by atoms with E-state index in [2.05, 4.69) is 10.0 Å². The fourth-order valence-corrected chi connectivity index (χ4v) is 2.42. The Bertz CT molecular complexity index is 537. The number of azide groups is 1. The maximum Gasteiger partial charge on any atom is 0.227 e. The first kappa shape index (κ1) is 13.4. The van der Waals surface area contributed by atoms with Gasteiger partial charge in [0.1, 0.15) is 0 Å². The largest absolute Gasteiger partial charge is 0.392 e. The molecule has 2 rings (SSSR count). The summed E-state index contributed by atoms with van der Waals surface area (Å²) in [4.78, 5) is 16.5. The summed E-state index contributed by atoms with van der Waals surface area (Å²) in [5.74, 6) is 0.108. The van der Waals surface area contributed by atoms with Crippen LogP contribution in [0.25, 0.3) is 10.4 Å². The van der Waals surface area contributed by atoms with Gasteiger partial charge in [-0.05, 0) is 35.6 Å². The molecule has 0 spiro atoms. The van der Waals surface area contributed by atoms with Crippen molar-refractivity contribution in [3.63, 3.8) is 0 Å². The lowest BCUT2D eigenvalue weighted by Crippen LogP contribution is -2.25. The lowest BCUT2D eigenvalue weighted by Gasteiger charge is -2.20. The van der Waals surface area contributed by atoms with Crippen LogP contribution in [0.4, 0.5) is 5.69 Å². The molecule has 1 unspecified atom stereocenters. The zero-order valence-electron chi connectivity index (χ0n) is 10.8. The fraction of sp³-hybridized carbons (Fsp3) is 0.462. The van der Waals surface area contributed by atoms with E-state index in [1.165, 1.54) is 0 Å². The number of aliphatic hydroxyl groups is 1. The van der Waals surface area contributed by atoms with Gasteiger partial charge in [-0.3, -0.25) is 4.79 Å². The minimum absolute atomic E-state index is 0.0378. The zero-order chi connectivity index (χ0) is 13.8. The highest BCUT2D eigenvalue weighted by Crippen LogP contribution is 2.29. The Morgan fingerprint density at radius 1 is 1.58 bits per heavy atom. The van der Waals surface area contributed by atoms with Crippen molar-refractivity contribution >= 4 is 11.6 Å². The van der Waals surface area contributed by atoms with Crippen LogP contribution in [0, 0.1) is 12.8 Å². The minimum Gasteiger partial charge on any atom is -0.392 e. The van der Waals surface area contributed by atoms with Crippen LogP contribution in [0.3, 0.4) is 0 Å². The van der Waals surface area contributed by atoms with E-state index in [1.807, 2.05) is 25.1 Å². The molecule has 1 aliphatic rings. The number of hydrogen-bond acceptors (Lipinski definition) is 3. The van der Waals surface area contributed by atoms with E-state index in [0.29, 0.717) is 19.5 Å². The van der Waals surface area contributed by atoms with Gasteiger partial charge in [0.25, 0.3) is 0 Å². The van der Waals surface area contributed by atoms with Gasteiger partial charge < -0.3 is 10.0 Å². The lowest BCUT2D eigenvalue weighted by atomic mass is 10.1. The van der Waals surface area contributed by atoms with Crippen molar-refractivity contribution in [3.8, 4) is 0 Å². The van der Waals surface area contributed by atoms with E-state index < -0.39 is 0 Å². The highest BCUT2D eigenvalue weighted by molar-refractivity contribution is 5.96. The predicted molar refractivity (Wildman–Crippen MR) is 71.6 cm³/mol. The lowest BCUT2D eigenvalue weighted by molar-refractivity contribution is -0.117. The van der Waals surface area contributed by atoms with Crippen molar-refractivity contribution in [2.24, 2.45) is 11.0 Å². The maximum atomic E-state index is 12.0. The number of hydrogen-bond donors (Lipinski definition) is 1. The van der Waals surface area contributed by atoms with E-state index in [9.17, 15) is 9.90 Å². The van der Waals surface area contributed by atoms with Crippen molar-refractivity contribution in [2.45, 2.75) is 20.0 Å². The standard InChI is InChI=1S/C13H16N4O2/c1-9-11(8-18)3-2-4-12(9)17-7-10(5-13(17)19)6-15-16-14/h2-4,10,18H,5-8H2,1H3.